The van der Waals surface area contributed by atoms with Gasteiger partial charge < -0.3 is 4.40 Å². The Bertz CT molecular complexity index is 1410. The minimum Gasteiger partial charge on any atom is -0.313 e. The molecule has 0 aliphatic heterocycles. The molecule has 172 valence electrons. The number of nitro benzene ring substituents is 1. The van der Waals surface area contributed by atoms with Crippen molar-refractivity contribution in [3.63, 3.8) is 0 Å². The van der Waals surface area contributed by atoms with E-state index in [1.807, 2.05) is 61.7 Å². The molecule has 7 nitrogen and oxygen atoms in total. The van der Waals surface area contributed by atoms with Crippen molar-refractivity contribution in [3.05, 3.63) is 111 Å². The predicted molar refractivity (Wildman–Crippen MR) is 135 cm³/mol. The Morgan fingerprint density at radius 2 is 1.79 bits per heavy atom. The van der Waals surface area contributed by atoms with Crippen molar-refractivity contribution in [1.82, 2.24) is 4.40 Å². The summed E-state index contributed by atoms with van der Waals surface area (Å²) in [6, 6.07) is 19.9. The van der Waals surface area contributed by atoms with E-state index < -0.39 is 4.92 Å². The van der Waals surface area contributed by atoms with Crippen LogP contribution in [0, 0.1) is 17.0 Å². The third-order valence-corrected chi connectivity index (χ3v) is 5.72. The van der Waals surface area contributed by atoms with Crippen molar-refractivity contribution in [1.29, 1.82) is 0 Å². The monoisotopic (exact) mass is 454 g/mol. The van der Waals surface area contributed by atoms with Gasteiger partial charge in [-0.05, 0) is 59.4 Å². The SMILES string of the molecule is Cc1cc2ccccn2c1C(=O)c1ccc(N/N=C\c2ccc(C(C)(C)C)cc2)c([N+](=O)[O-])c1. The largest absolute Gasteiger partial charge is 0.313 e. The van der Waals surface area contributed by atoms with Gasteiger partial charge in [-0.3, -0.25) is 20.3 Å². The first-order valence-corrected chi connectivity index (χ1v) is 10.9. The molecule has 2 aromatic carbocycles. The number of rotatable bonds is 6. The second-order valence-corrected chi connectivity index (χ2v) is 9.23. The van der Waals surface area contributed by atoms with E-state index >= 15 is 0 Å². The normalized spacial score (nSPS) is 11.8. The first-order chi connectivity index (χ1) is 16.1. The first kappa shape index (κ1) is 22.9. The number of aryl methyl sites for hydroxylation is 1. The van der Waals surface area contributed by atoms with Crippen LogP contribution in [0.25, 0.3) is 5.52 Å². The lowest BCUT2D eigenvalue weighted by Gasteiger charge is -2.18. The molecule has 0 radical (unpaired) electrons. The molecule has 2 heterocycles. The number of nitrogens with one attached hydrogen (secondary N) is 1. The molecule has 0 amide bonds. The van der Waals surface area contributed by atoms with Crippen LogP contribution < -0.4 is 5.43 Å². The smallest absolute Gasteiger partial charge is 0.294 e. The lowest BCUT2D eigenvalue weighted by molar-refractivity contribution is -0.384. The fraction of sp³-hybridized carbons (Fsp3) is 0.185. The summed E-state index contributed by atoms with van der Waals surface area (Å²) in [4.78, 5) is 24.4. The van der Waals surface area contributed by atoms with E-state index in [0.717, 1.165) is 16.6 Å². The molecule has 0 atom stereocenters. The molecule has 0 aliphatic rings. The molecular weight excluding hydrogens is 428 g/mol. The molecule has 0 spiro atoms. The van der Waals surface area contributed by atoms with Crippen LogP contribution in [0.1, 0.15) is 53.5 Å². The van der Waals surface area contributed by atoms with Gasteiger partial charge in [-0.2, -0.15) is 5.10 Å². The van der Waals surface area contributed by atoms with E-state index in [1.165, 1.54) is 17.7 Å². The van der Waals surface area contributed by atoms with E-state index in [0.29, 0.717) is 5.69 Å². The maximum Gasteiger partial charge on any atom is 0.294 e. The van der Waals surface area contributed by atoms with E-state index in [-0.39, 0.29) is 28.1 Å². The number of hydrazone groups is 1. The van der Waals surface area contributed by atoms with Crippen LogP contribution in [0.15, 0.2) is 78.0 Å². The summed E-state index contributed by atoms with van der Waals surface area (Å²) in [5.74, 6) is -0.277. The summed E-state index contributed by atoms with van der Waals surface area (Å²) in [5.41, 5.74) is 7.29. The summed E-state index contributed by atoms with van der Waals surface area (Å²) in [6.07, 6.45) is 3.41. The average Bonchev–Trinajstić information content (AvgIpc) is 3.14. The van der Waals surface area contributed by atoms with Gasteiger partial charge in [0, 0.05) is 23.3 Å². The van der Waals surface area contributed by atoms with Gasteiger partial charge in [0.1, 0.15) is 5.69 Å². The van der Waals surface area contributed by atoms with E-state index in [1.54, 1.807) is 16.7 Å². The number of nitrogens with zero attached hydrogens (tertiary/aromatic N) is 3. The zero-order chi connectivity index (χ0) is 24.5. The topological polar surface area (TPSA) is 89.0 Å². The highest BCUT2D eigenvalue weighted by molar-refractivity contribution is 6.10. The second-order valence-electron chi connectivity index (χ2n) is 9.23. The highest BCUT2D eigenvalue weighted by atomic mass is 16.6. The van der Waals surface area contributed by atoms with Crippen molar-refractivity contribution >= 4 is 28.9 Å². The molecule has 2 aromatic heterocycles. The number of benzene rings is 2. The lowest BCUT2D eigenvalue weighted by atomic mass is 9.87. The van der Waals surface area contributed by atoms with Gasteiger partial charge in [-0.1, -0.05) is 51.1 Å². The molecule has 4 rings (SSSR count). The maximum atomic E-state index is 13.2. The number of fused-ring (bicyclic) bond motifs is 1. The molecule has 7 heteroatoms. The number of aromatic nitrogens is 1. The highest BCUT2D eigenvalue weighted by Gasteiger charge is 2.21. The van der Waals surface area contributed by atoms with Crippen molar-refractivity contribution in [2.45, 2.75) is 33.1 Å². The number of carbonyl (C=O) groups excluding carboxylic acids is 1. The van der Waals surface area contributed by atoms with Crippen molar-refractivity contribution in [2.75, 3.05) is 5.43 Å². The highest BCUT2D eigenvalue weighted by Crippen LogP contribution is 2.28. The molecular formula is C27H26N4O3. The van der Waals surface area contributed by atoms with Crippen LogP contribution in [0.4, 0.5) is 11.4 Å². The fourth-order valence-electron chi connectivity index (χ4n) is 3.85. The van der Waals surface area contributed by atoms with E-state index in [9.17, 15) is 14.9 Å². The Balaban J connectivity index is 1.58. The van der Waals surface area contributed by atoms with Gasteiger partial charge in [-0.15, -0.1) is 0 Å². The molecule has 0 fully saturated rings. The van der Waals surface area contributed by atoms with Crippen LogP contribution in [-0.4, -0.2) is 21.3 Å². The van der Waals surface area contributed by atoms with Crippen LogP contribution in [0.3, 0.4) is 0 Å². The average molecular weight is 455 g/mol. The van der Waals surface area contributed by atoms with Crippen LogP contribution in [0.5, 0.6) is 0 Å². The Kier molecular flexibility index (Phi) is 6.03. The van der Waals surface area contributed by atoms with Crippen molar-refractivity contribution < 1.29 is 9.72 Å². The third kappa shape index (κ3) is 4.59. The third-order valence-electron chi connectivity index (χ3n) is 5.72. The van der Waals surface area contributed by atoms with Gasteiger partial charge in [0.05, 0.1) is 16.8 Å². The molecule has 0 unspecified atom stereocenters. The zero-order valence-corrected chi connectivity index (χ0v) is 19.6. The summed E-state index contributed by atoms with van der Waals surface area (Å²) in [5, 5.41) is 15.9. The number of ketones is 1. The van der Waals surface area contributed by atoms with Crippen LogP contribution in [0.2, 0.25) is 0 Å². The van der Waals surface area contributed by atoms with Gasteiger partial charge in [0.25, 0.3) is 5.69 Å². The summed E-state index contributed by atoms with van der Waals surface area (Å²) >= 11 is 0. The first-order valence-electron chi connectivity index (χ1n) is 10.9. The van der Waals surface area contributed by atoms with Gasteiger partial charge in [0.2, 0.25) is 5.78 Å². The molecule has 0 bridgehead atoms. The Morgan fingerprint density at radius 1 is 1.06 bits per heavy atom. The quantitative estimate of drug-likeness (QED) is 0.164. The predicted octanol–water partition coefficient (Wildman–Crippen LogP) is 6.13. The fourth-order valence-corrected chi connectivity index (χ4v) is 3.85. The summed E-state index contributed by atoms with van der Waals surface area (Å²) < 4.78 is 1.80. The number of pyridine rings is 1. The second kappa shape index (κ2) is 8.94. The minimum absolute atomic E-state index is 0.0550. The Labute approximate surface area is 197 Å². The van der Waals surface area contributed by atoms with Gasteiger partial charge >= 0.3 is 0 Å². The molecule has 0 saturated heterocycles. The summed E-state index contributed by atoms with van der Waals surface area (Å²) in [6.45, 7) is 8.29. The van der Waals surface area contributed by atoms with Gasteiger partial charge in [-0.25, -0.2) is 0 Å². The summed E-state index contributed by atoms with van der Waals surface area (Å²) in [7, 11) is 0. The van der Waals surface area contributed by atoms with Gasteiger partial charge in [0.15, 0.2) is 0 Å². The van der Waals surface area contributed by atoms with Crippen LogP contribution in [-0.2, 0) is 5.41 Å². The lowest BCUT2D eigenvalue weighted by Crippen LogP contribution is -2.10. The van der Waals surface area contributed by atoms with Crippen molar-refractivity contribution in [3.8, 4) is 0 Å². The Hall–Kier alpha value is -4.26. The molecule has 0 saturated carbocycles. The maximum absolute atomic E-state index is 13.2. The number of carbonyl (C=O) groups is 1. The number of anilines is 1. The Morgan fingerprint density at radius 3 is 2.47 bits per heavy atom. The zero-order valence-electron chi connectivity index (χ0n) is 19.6. The number of hydrogen-bond donors (Lipinski definition) is 1. The molecule has 1 N–H and O–H groups in total. The van der Waals surface area contributed by atoms with Crippen LogP contribution >= 0.6 is 0 Å². The molecule has 34 heavy (non-hydrogen) atoms. The minimum atomic E-state index is -0.518. The number of nitro groups is 1. The molecule has 4 aromatic rings. The standard InChI is InChI=1S/C27H26N4O3/c1-18-15-22-7-5-6-14-30(22)25(18)26(32)20-10-13-23(24(16-20)31(33)34)29-28-17-19-8-11-21(12-9-19)27(2,3)4/h5-17,29H,1-4H3/b28-17-. The number of hydrogen-bond acceptors (Lipinski definition) is 5. The molecule has 0 aliphatic carbocycles. The van der Waals surface area contributed by atoms with Crippen molar-refractivity contribution in [2.24, 2.45) is 5.10 Å². The van der Waals surface area contributed by atoms with E-state index in [2.05, 4.69) is 31.3 Å². The van der Waals surface area contributed by atoms with E-state index in [4.69, 9.17) is 0 Å².